The first kappa shape index (κ1) is 19.4. The van der Waals surface area contributed by atoms with Gasteiger partial charge in [-0.3, -0.25) is 0 Å². The zero-order valence-electron chi connectivity index (χ0n) is 14.1. The molecule has 0 aliphatic heterocycles. The molecule has 0 rings (SSSR count). The minimum Gasteiger partial charge on any atom is -0.370 e. The van der Waals surface area contributed by atoms with Crippen molar-refractivity contribution in [2.45, 2.75) is 83.7 Å². The van der Waals surface area contributed by atoms with Crippen LogP contribution < -0.4 is 0 Å². The summed E-state index contributed by atoms with van der Waals surface area (Å²) >= 11 is 0. The van der Waals surface area contributed by atoms with Gasteiger partial charge in [0, 0.05) is 7.11 Å². The smallest absolute Gasteiger partial charge is 0.106 e. The quantitative estimate of drug-likeness (QED) is 0.268. The molecule has 0 aromatic rings. The second kappa shape index (κ2) is 12.2. The molecule has 0 aromatic carbocycles. The van der Waals surface area contributed by atoms with Gasteiger partial charge in [-0.05, 0) is 18.8 Å². The lowest BCUT2D eigenvalue weighted by atomic mass is 9.80. The van der Waals surface area contributed by atoms with Gasteiger partial charge in [-0.1, -0.05) is 90.5 Å². The van der Waals surface area contributed by atoms with E-state index in [2.05, 4.69) is 27.0 Å². The molecule has 0 fully saturated rings. The lowest BCUT2D eigenvalue weighted by Gasteiger charge is -2.35. The first-order valence-corrected chi connectivity index (χ1v) is 8.53. The highest BCUT2D eigenvalue weighted by Gasteiger charge is 2.32. The first-order valence-electron chi connectivity index (χ1n) is 8.53. The van der Waals surface area contributed by atoms with Gasteiger partial charge < -0.3 is 4.74 Å². The van der Waals surface area contributed by atoms with Crippen LogP contribution in [-0.4, -0.2) is 12.7 Å². The van der Waals surface area contributed by atoms with Crippen LogP contribution in [0.4, 0.5) is 0 Å². The van der Waals surface area contributed by atoms with Crippen LogP contribution in [0, 0.1) is 5.92 Å². The maximum Gasteiger partial charge on any atom is 0.106 e. The summed E-state index contributed by atoms with van der Waals surface area (Å²) in [5.74, 6) is 0.522. The van der Waals surface area contributed by atoms with E-state index in [1.165, 1.54) is 64.2 Å². The van der Waals surface area contributed by atoms with Crippen molar-refractivity contribution in [1.82, 2.24) is 0 Å². The number of hydrogen-bond acceptors (Lipinski definition) is 1. The van der Waals surface area contributed by atoms with Gasteiger partial charge in [-0.25, -0.2) is 0 Å². The Balaban J connectivity index is 4.33. The van der Waals surface area contributed by atoms with E-state index in [-0.39, 0.29) is 5.60 Å². The summed E-state index contributed by atoms with van der Waals surface area (Å²) in [5.41, 5.74) is -0.335. The molecule has 0 aromatic heterocycles. The van der Waals surface area contributed by atoms with Gasteiger partial charge in [0.05, 0.1) is 0 Å². The van der Waals surface area contributed by atoms with Crippen molar-refractivity contribution in [1.29, 1.82) is 0 Å². The van der Waals surface area contributed by atoms with E-state index in [0.29, 0.717) is 5.92 Å². The third-order valence-corrected chi connectivity index (χ3v) is 4.44. The second-order valence-electron chi connectivity index (χ2n) is 5.86. The van der Waals surface area contributed by atoms with Crippen LogP contribution in [0.1, 0.15) is 78.1 Å². The average Bonchev–Trinajstić information content (AvgIpc) is 2.49. The fourth-order valence-corrected chi connectivity index (χ4v) is 2.97. The molecule has 0 spiro atoms. The molecule has 118 valence electrons. The molecule has 1 heteroatoms. The van der Waals surface area contributed by atoms with Gasteiger partial charge >= 0.3 is 0 Å². The molecule has 0 aliphatic carbocycles. The Labute approximate surface area is 127 Å². The summed E-state index contributed by atoms with van der Waals surface area (Å²) in [4.78, 5) is 0. The summed E-state index contributed by atoms with van der Waals surface area (Å²) in [6, 6.07) is 0. The van der Waals surface area contributed by atoms with Crippen molar-refractivity contribution < 1.29 is 4.74 Å². The molecule has 1 unspecified atom stereocenters. The standard InChI is InChI=1S/C19H36O/c1-6-10-12-13-14-15-17-18(16-11-7-2)19(8-3,9-4)20-5/h8-9,18H,3-4,6-7,10-17H2,1-2,5H3. The molecule has 0 N–H and O–H groups in total. The largest absolute Gasteiger partial charge is 0.370 e. The zero-order valence-corrected chi connectivity index (χ0v) is 14.1. The van der Waals surface area contributed by atoms with Crippen molar-refractivity contribution in [3.63, 3.8) is 0 Å². The summed E-state index contributed by atoms with van der Waals surface area (Å²) < 4.78 is 5.75. The van der Waals surface area contributed by atoms with Crippen molar-refractivity contribution in [3.05, 3.63) is 25.3 Å². The molecule has 0 bridgehead atoms. The van der Waals surface area contributed by atoms with Gasteiger partial charge in [0.25, 0.3) is 0 Å². The Morgan fingerprint density at radius 3 is 1.85 bits per heavy atom. The molecular weight excluding hydrogens is 244 g/mol. The second-order valence-corrected chi connectivity index (χ2v) is 5.86. The van der Waals surface area contributed by atoms with E-state index >= 15 is 0 Å². The summed E-state index contributed by atoms with van der Waals surface area (Å²) in [7, 11) is 1.78. The molecule has 1 atom stereocenters. The highest BCUT2D eigenvalue weighted by atomic mass is 16.5. The van der Waals surface area contributed by atoms with Gasteiger partial charge in [0.1, 0.15) is 5.60 Å². The van der Waals surface area contributed by atoms with Crippen LogP contribution in [0.15, 0.2) is 25.3 Å². The molecule has 0 saturated heterocycles. The Bertz CT molecular complexity index is 236. The molecule has 0 heterocycles. The predicted octanol–water partition coefficient (Wildman–Crippen LogP) is 6.30. The number of methoxy groups -OCH3 is 1. The molecule has 0 amide bonds. The van der Waals surface area contributed by atoms with Crippen molar-refractivity contribution in [3.8, 4) is 0 Å². The van der Waals surface area contributed by atoms with E-state index in [9.17, 15) is 0 Å². The zero-order chi connectivity index (χ0) is 15.3. The minimum atomic E-state index is -0.335. The van der Waals surface area contributed by atoms with Crippen LogP contribution in [0.3, 0.4) is 0 Å². The molecule has 20 heavy (non-hydrogen) atoms. The van der Waals surface area contributed by atoms with E-state index in [0.717, 1.165) is 0 Å². The maximum absolute atomic E-state index is 5.75. The summed E-state index contributed by atoms with van der Waals surface area (Å²) in [6.45, 7) is 12.5. The summed E-state index contributed by atoms with van der Waals surface area (Å²) in [5, 5.41) is 0. The molecule has 0 saturated carbocycles. The fraction of sp³-hybridized carbons (Fsp3) is 0.789. The number of rotatable bonds is 14. The third kappa shape index (κ3) is 6.74. The normalized spacial score (nSPS) is 13.2. The van der Waals surface area contributed by atoms with Crippen molar-refractivity contribution in [2.24, 2.45) is 5.92 Å². The topological polar surface area (TPSA) is 9.23 Å². The van der Waals surface area contributed by atoms with Crippen molar-refractivity contribution >= 4 is 0 Å². The summed E-state index contributed by atoms with van der Waals surface area (Å²) in [6.07, 6.45) is 16.9. The van der Waals surface area contributed by atoms with Crippen LogP contribution in [0.2, 0.25) is 0 Å². The monoisotopic (exact) mass is 280 g/mol. The van der Waals surface area contributed by atoms with E-state index < -0.39 is 0 Å². The fourth-order valence-electron chi connectivity index (χ4n) is 2.97. The lowest BCUT2D eigenvalue weighted by molar-refractivity contribution is 0.0143. The van der Waals surface area contributed by atoms with Crippen LogP contribution in [0.25, 0.3) is 0 Å². The van der Waals surface area contributed by atoms with Crippen molar-refractivity contribution in [2.75, 3.05) is 7.11 Å². The van der Waals surface area contributed by atoms with Crippen LogP contribution >= 0.6 is 0 Å². The average molecular weight is 280 g/mol. The van der Waals surface area contributed by atoms with Gasteiger partial charge in [0.15, 0.2) is 0 Å². The molecule has 1 nitrogen and oxygen atoms in total. The Hall–Kier alpha value is -0.560. The first-order chi connectivity index (χ1) is 9.70. The number of hydrogen-bond donors (Lipinski definition) is 0. The third-order valence-electron chi connectivity index (χ3n) is 4.44. The Kier molecular flexibility index (Phi) is 11.9. The SMILES string of the molecule is C=CC(C=C)(OC)C(CCCC)CCCCCCCC. The highest BCUT2D eigenvalue weighted by molar-refractivity contribution is 5.13. The number of ether oxygens (including phenoxy) is 1. The van der Waals surface area contributed by atoms with Gasteiger partial charge in [-0.2, -0.15) is 0 Å². The highest BCUT2D eigenvalue weighted by Crippen LogP contribution is 2.33. The number of unbranched alkanes of at least 4 members (excludes halogenated alkanes) is 6. The maximum atomic E-state index is 5.75. The molecular formula is C19H36O. The Morgan fingerprint density at radius 2 is 1.35 bits per heavy atom. The minimum absolute atomic E-state index is 0.335. The van der Waals surface area contributed by atoms with Gasteiger partial charge in [0.2, 0.25) is 0 Å². The molecule has 0 radical (unpaired) electrons. The van der Waals surface area contributed by atoms with E-state index in [1.807, 2.05) is 12.2 Å². The van der Waals surface area contributed by atoms with Crippen LogP contribution in [-0.2, 0) is 4.74 Å². The van der Waals surface area contributed by atoms with E-state index in [1.54, 1.807) is 7.11 Å². The predicted molar refractivity (Wildman–Crippen MR) is 91.1 cm³/mol. The van der Waals surface area contributed by atoms with Gasteiger partial charge in [-0.15, -0.1) is 0 Å². The van der Waals surface area contributed by atoms with Crippen LogP contribution in [0.5, 0.6) is 0 Å². The molecule has 0 aliphatic rings. The Morgan fingerprint density at radius 1 is 0.850 bits per heavy atom. The van der Waals surface area contributed by atoms with E-state index in [4.69, 9.17) is 4.74 Å². The lowest BCUT2D eigenvalue weighted by Crippen LogP contribution is -2.35.